The number of ether oxygens (including phenoxy) is 1. The average molecular weight is 1870 g/mol. The van der Waals surface area contributed by atoms with Gasteiger partial charge in [-0.05, 0) is 283 Å². The van der Waals surface area contributed by atoms with E-state index in [2.05, 4.69) is 385 Å². The van der Waals surface area contributed by atoms with Crippen molar-refractivity contribution in [2.75, 3.05) is 9.80 Å². The average Bonchev–Trinajstić information content (AvgIpc) is 1.41. The minimum absolute atomic E-state index is 0.00457. The van der Waals surface area contributed by atoms with Crippen molar-refractivity contribution in [3.8, 4) is 134 Å². The number of para-hydroxylation sites is 4. The number of nitrogens with zero attached hydrogens (tertiary/aromatic N) is 4. The maximum atomic E-state index is 10.7. The fourth-order valence-corrected chi connectivity index (χ4v) is 23.2. The lowest BCUT2D eigenvalue weighted by Gasteiger charge is -2.46. The standard InChI is InChI=1S/C139H105BN4O/c1-136(2,3)102-67-72-126-116(81-102)111-58-26-32-64-125(111)142(126)106-69-71-122-128(87-106)144(135-114(99-52-36-48-94(76-99)90-42-18-12-19-43-90)84-104(138(7,8)9)85-115(135)100-53-37-49-95(77-100)91-44-20-13-21-45-91)130-80-101(96-66-73-132-120(78-96)139(119-61-29-33-65-131(119)145-132)117-59-27-22-54-107(117)108-55-23-28-60-118(108)139)79-129-133(130)140(122)121-70-68-105(141-123-62-30-24-56-109(123)110-57-25-31-63-124(110)141)86-127(121)143(129)134-112(97-50-34-46-92(74-97)88-38-14-10-15-39-88)82-103(137(4,5)6)83-113(134)98-51-35-47-93(75-98)89-40-16-11-17-41-89/h10-87H,1-9H3/i24D,25D,26D,30D,31D,32D,56D,57D,58D,62D,63D,64D,67D,72D,81D. The van der Waals surface area contributed by atoms with Gasteiger partial charge in [-0.15, -0.1) is 0 Å². The molecule has 0 saturated carbocycles. The predicted molar refractivity (Wildman–Crippen MR) is 612 cm³/mol. The van der Waals surface area contributed by atoms with E-state index in [9.17, 15) is 20.6 Å². The van der Waals surface area contributed by atoms with E-state index in [1.165, 1.54) is 0 Å². The first-order chi connectivity index (χ1) is 77.0. The van der Waals surface area contributed by atoms with Crippen LogP contribution in [0.25, 0.3) is 166 Å². The Hall–Kier alpha value is -17.3. The van der Waals surface area contributed by atoms with Gasteiger partial charge in [-0.2, -0.15) is 0 Å². The molecule has 4 aliphatic rings. The van der Waals surface area contributed by atoms with Crippen molar-refractivity contribution >= 4 is 101 Å². The molecule has 23 aromatic rings. The fourth-order valence-electron chi connectivity index (χ4n) is 23.2. The molecule has 2 aromatic heterocycles. The lowest BCUT2D eigenvalue weighted by Crippen LogP contribution is -2.61. The Kier molecular flexibility index (Phi) is 16.6. The van der Waals surface area contributed by atoms with Crippen molar-refractivity contribution in [1.29, 1.82) is 0 Å². The molecule has 0 N–H and O–H groups in total. The van der Waals surface area contributed by atoms with Gasteiger partial charge in [-0.1, -0.05) is 402 Å². The summed E-state index contributed by atoms with van der Waals surface area (Å²) in [5.74, 6) is 1.35. The molecule has 0 radical (unpaired) electrons. The SMILES string of the molecule is [2H]c1c([2H])c([2H])c2c(c1[2H])c1c([2H])c([2H])c([2H])c([2H])c1n2-c1ccc2c(c1)N(c1c(-c3cccc(-c4ccccc4)c3)cc(C(C)(C)C)cc1-c1cccc(-c3ccccc3)c1)c1cc(-c3ccc4c(c3)C3(c5ccccc5O4)c4ccccc4-c4ccccc43)cc3c1B2c1ccc(-n2c4c([2H])c([2H])c([2H])c([2H])c4c4c([2H])c(C(C)(C)C)c([2H])c([2H])c42)cc1N3c1c(-c2cccc(-c3ccccc3)c2)cc(C(C)(C)C)cc1-c1cccc(-c2ccccc2)c1. The first kappa shape index (κ1) is 72.0. The van der Waals surface area contributed by atoms with Crippen molar-refractivity contribution in [1.82, 2.24) is 9.13 Å². The zero-order chi connectivity index (χ0) is 111. The van der Waals surface area contributed by atoms with Crippen LogP contribution in [-0.4, -0.2) is 15.8 Å². The van der Waals surface area contributed by atoms with E-state index in [-0.39, 0.29) is 73.0 Å². The minimum atomic E-state index is -1.01. The zero-order valence-corrected chi connectivity index (χ0v) is 81.6. The maximum absolute atomic E-state index is 10.7. The molecule has 0 amide bonds. The lowest BCUT2D eigenvalue weighted by molar-refractivity contribution is 0.436. The second kappa shape index (κ2) is 33.4. The summed E-state index contributed by atoms with van der Waals surface area (Å²) in [7, 11) is 0. The number of anilines is 6. The first-order valence-corrected chi connectivity index (χ1v) is 49.8. The first-order valence-electron chi connectivity index (χ1n) is 57.3. The molecule has 5 heterocycles. The van der Waals surface area contributed by atoms with E-state index in [4.69, 9.17) is 4.74 Å². The molecular weight excluding hydrogens is 1750 g/mol. The van der Waals surface area contributed by atoms with E-state index in [0.29, 0.717) is 62.1 Å². The number of hydrogen-bond donors (Lipinski definition) is 0. The third kappa shape index (κ3) is 14.0. The topological polar surface area (TPSA) is 25.6 Å². The van der Waals surface area contributed by atoms with E-state index in [1.807, 2.05) is 69.3 Å². The summed E-state index contributed by atoms with van der Waals surface area (Å²) in [5, 5.41) is -0.0888. The molecule has 1 aliphatic carbocycles. The van der Waals surface area contributed by atoms with Crippen LogP contribution in [0, 0.1) is 0 Å². The lowest BCUT2D eigenvalue weighted by atomic mass is 9.33. The summed E-state index contributed by atoms with van der Waals surface area (Å²) in [5.41, 5.74) is 27.7. The van der Waals surface area contributed by atoms with Gasteiger partial charge in [0, 0.05) is 89.0 Å². The summed E-state index contributed by atoms with van der Waals surface area (Å²) < 4.78 is 162. The molecule has 3 aliphatic heterocycles. The van der Waals surface area contributed by atoms with E-state index < -0.39 is 101 Å². The second-order valence-electron chi connectivity index (χ2n) is 41.9. The van der Waals surface area contributed by atoms with Crippen molar-refractivity contribution in [2.24, 2.45) is 0 Å². The van der Waals surface area contributed by atoms with Gasteiger partial charge >= 0.3 is 0 Å². The van der Waals surface area contributed by atoms with Crippen molar-refractivity contribution in [2.45, 2.75) is 84.0 Å². The Morgan fingerprint density at radius 3 is 0.986 bits per heavy atom. The van der Waals surface area contributed by atoms with Crippen LogP contribution < -0.4 is 30.9 Å². The van der Waals surface area contributed by atoms with Crippen LogP contribution in [0.2, 0.25) is 0 Å². The Labute approximate surface area is 869 Å². The van der Waals surface area contributed by atoms with Gasteiger partial charge in [-0.3, -0.25) is 0 Å². The molecule has 1 spiro atoms. The highest BCUT2D eigenvalue weighted by Crippen LogP contribution is 2.64. The molecule has 0 unspecified atom stereocenters. The molecule has 145 heavy (non-hydrogen) atoms. The van der Waals surface area contributed by atoms with E-state index >= 15 is 0 Å². The fraction of sp³-hybridized carbons (Fsp3) is 0.0935. The predicted octanol–water partition coefficient (Wildman–Crippen LogP) is 35.3. The minimum Gasteiger partial charge on any atom is -0.457 e. The van der Waals surface area contributed by atoms with Gasteiger partial charge in [0.25, 0.3) is 6.71 Å². The van der Waals surface area contributed by atoms with Crippen molar-refractivity contribution in [3.63, 3.8) is 0 Å². The van der Waals surface area contributed by atoms with Gasteiger partial charge in [0.05, 0.1) is 59.4 Å². The smallest absolute Gasteiger partial charge is 0.252 e. The quantitative estimate of drug-likeness (QED) is 0.108. The monoisotopic (exact) mass is 1870 g/mol. The van der Waals surface area contributed by atoms with Crippen LogP contribution in [-0.2, 0) is 21.7 Å². The van der Waals surface area contributed by atoms with Crippen LogP contribution in [0.3, 0.4) is 0 Å². The molecule has 21 aromatic carbocycles. The number of aromatic nitrogens is 2. The van der Waals surface area contributed by atoms with Gasteiger partial charge in [0.2, 0.25) is 0 Å². The Balaban J connectivity index is 0.885. The van der Waals surface area contributed by atoms with Crippen molar-refractivity contribution in [3.05, 3.63) is 512 Å². The van der Waals surface area contributed by atoms with Crippen LogP contribution in [0.15, 0.2) is 473 Å². The highest BCUT2D eigenvalue weighted by atomic mass is 16.5. The molecule has 0 saturated heterocycles. The number of fused-ring (bicyclic) bond motifs is 19. The number of rotatable bonds is 13. The van der Waals surface area contributed by atoms with Crippen molar-refractivity contribution < 1.29 is 25.3 Å². The summed E-state index contributed by atoms with van der Waals surface area (Å²) in [6.45, 7) is 18.2. The molecule has 0 atom stereocenters. The number of benzene rings is 21. The summed E-state index contributed by atoms with van der Waals surface area (Å²) in [6.07, 6.45) is 0. The highest BCUT2D eigenvalue weighted by Gasteiger charge is 2.52. The van der Waals surface area contributed by atoms with Crippen LogP contribution in [0.5, 0.6) is 11.5 Å². The van der Waals surface area contributed by atoms with Gasteiger partial charge in [0.15, 0.2) is 0 Å². The summed E-state index contributed by atoms with van der Waals surface area (Å²) in [6, 6.07) is 128. The molecule has 6 heteroatoms. The molecule has 0 bridgehead atoms. The molecule has 0 fully saturated rings. The summed E-state index contributed by atoms with van der Waals surface area (Å²) >= 11 is 0. The van der Waals surface area contributed by atoms with Gasteiger partial charge < -0.3 is 23.7 Å². The van der Waals surface area contributed by atoms with Gasteiger partial charge in [-0.25, -0.2) is 0 Å². The zero-order valence-electron chi connectivity index (χ0n) is 96.6. The van der Waals surface area contributed by atoms with E-state index in [0.717, 1.165) is 150 Å². The Bertz CT molecular complexity index is 9650. The van der Waals surface area contributed by atoms with Crippen LogP contribution >= 0.6 is 0 Å². The Morgan fingerprint density at radius 2 is 0.579 bits per heavy atom. The maximum Gasteiger partial charge on any atom is 0.252 e. The van der Waals surface area contributed by atoms with E-state index in [1.54, 1.807) is 9.13 Å². The van der Waals surface area contributed by atoms with Gasteiger partial charge in [0.1, 0.15) is 11.5 Å². The highest BCUT2D eigenvalue weighted by molar-refractivity contribution is 7.00. The largest absolute Gasteiger partial charge is 0.457 e. The van der Waals surface area contributed by atoms with Crippen LogP contribution in [0.1, 0.15) is 122 Å². The third-order valence-electron chi connectivity index (χ3n) is 30.2. The number of hydrogen-bond acceptors (Lipinski definition) is 3. The molecule has 27 rings (SSSR count). The van der Waals surface area contributed by atoms with Crippen LogP contribution in [0.4, 0.5) is 34.1 Å². The molecular formula is C139H105BN4O. The molecule has 690 valence electrons. The Morgan fingerprint density at radius 1 is 0.241 bits per heavy atom. The molecule has 5 nitrogen and oxygen atoms in total. The third-order valence-corrected chi connectivity index (χ3v) is 30.2. The normalized spacial score (nSPS) is 14.7. The second-order valence-corrected chi connectivity index (χ2v) is 41.9. The summed E-state index contributed by atoms with van der Waals surface area (Å²) in [4.78, 5) is 4.85.